The zero-order chi connectivity index (χ0) is 15.0. The Bertz CT molecular complexity index is 368. The highest BCUT2D eigenvalue weighted by Gasteiger charge is 2.22. The highest BCUT2D eigenvalue weighted by Crippen LogP contribution is 2.21. The van der Waals surface area contributed by atoms with Gasteiger partial charge >= 0.3 is 0 Å². The largest absolute Gasteiger partial charge is 0.339 e. The van der Waals surface area contributed by atoms with Gasteiger partial charge in [0.05, 0.1) is 11.7 Å². The Morgan fingerprint density at radius 2 is 2.00 bits per heavy atom. The van der Waals surface area contributed by atoms with Gasteiger partial charge in [0.15, 0.2) is 5.82 Å². The van der Waals surface area contributed by atoms with Crippen molar-refractivity contribution in [1.29, 1.82) is 0 Å². The molecule has 0 amide bonds. The summed E-state index contributed by atoms with van der Waals surface area (Å²) in [7, 11) is 0. The monoisotopic (exact) mass is 299 g/mol. The van der Waals surface area contributed by atoms with Crippen molar-refractivity contribution in [2.75, 3.05) is 12.3 Å². The maximum Gasteiger partial charge on any atom is 0.231 e. The average molecular weight is 299 g/mol. The first-order valence-corrected chi connectivity index (χ1v) is 8.87. The Morgan fingerprint density at radius 1 is 1.25 bits per heavy atom. The summed E-state index contributed by atoms with van der Waals surface area (Å²) in [5, 5.41) is 7.65. The van der Waals surface area contributed by atoms with Gasteiger partial charge in [-0.2, -0.15) is 16.7 Å². The summed E-state index contributed by atoms with van der Waals surface area (Å²) in [4.78, 5) is 4.55. The van der Waals surface area contributed by atoms with Crippen molar-refractivity contribution in [2.24, 2.45) is 5.92 Å². The lowest BCUT2D eigenvalue weighted by atomic mass is 9.99. The standard InChI is InChI=1S/C15H29N3OS/c1-6-8-16-13(7-2)12(5)15-17-14(18-19-15)10-20-9-11(3)4/h11-13,16H,6-10H2,1-5H3. The molecule has 0 radical (unpaired) electrons. The fourth-order valence-electron chi connectivity index (χ4n) is 2.07. The quantitative estimate of drug-likeness (QED) is 0.711. The fourth-order valence-corrected chi connectivity index (χ4v) is 2.96. The Labute approximate surface area is 127 Å². The van der Waals surface area contributed by atoms with Gasteiger partial charge in [-0.05, 0) is 31.1 Å². The molecule has 5 heteroatoms. The molecule has 2 unspecified atom stereocenters. The predicted molar refractivity (Wildman–Crippen MR) is 86.1 cm³/mol. The molecule has 0 aliphatic carbocycles. The van der Waals surface area contributed by atoms with Crippen molar-refractivity contribution in [3.8, 4) is 0 Å². The maximum atomic E-state index is 5.43. The first-order chi connectivity index (χ1) is 9.58. The second kappa shape index (κ2) is 9.40. The van der Waals surface area contributed by atoms with Crippen molar-refractivity contribution in [2.45, 2.75) is 65.2 Å². The molecule has 2 atom stereocenters. The SMILES string of the molecule is CCCNC(CC)C(C)c1nc(CSCC(C)C)no1. The molecule has 1 aromatic rings. The number of nitrogens with one attached hydrogen (secondary N) is 1. The van der Waals surface area contributed by atoms with Crippen LogP contribution in [0.3, 0.4) is 0 Å². The van der Waals surface area contributed by atoms with Gasteiger partial charge in [-0.25, -0.2) is 0 Å². The van der Waals surface area contributed by atoms with E-state index < -0.39 is 0 Å². The molecule has 0 aliphatic heterocycles. The molecule has 4 nitrogen and oxygen atoms in total. The van der Waals surface area contributed by atoms with Crippen LogP contribution in [-0.4, -0.2) is 28.5 Å². The molecule has 1 aromatic heterocycles. The van der Waals surface area contributed by atoms with Crippen molar-refractivity contribution in [3.63, 3.8) is 0 Å². The van der Waals surface area contributed by atoms with Crippen LogP contribution in [0, 0.1) is 5.92 Å². The molecule has 0 aromatic carbocycles. The van der Waals surface area contributed by atoms with E-state index in [4.69, 9.17) is 4.52 Å². The lowest BCUT2D eigenvalue weighted by Gasteiger charge is -2.20. The minimum Gasteiger partial charge on any atom is -0.339 e. The Balaban J connectivity index is 2.51. The third-order valence-electron chi connectivity index (χ3n) is 3.26. The van der Waals surface area contributed by atoms with E-state index in [0.29, 0.717) is 12.0 Å². The molecule has 20 heavy (non-hydrogen) atoms. The predicted octanol–water partition coefficient (Wildman–Crippen LogP) is 3.84. The van der Waals surface area contributed by atoms with Crippen LogP contribution in [0.2, 0.25) is 0 Å². The van der Waals surface area contributed by atoms with Gasteiger partial charge in [0.1, 0.15) is 0 Å². The number of nitrogens with zero attached hydrogens (tertiary/aromatic N) is 2. The van der Waals surface area contributed by atoms with Crippen LogP contribution in [-0.2, 0) is 5.75 Å². The fraction of sp³-hybridized carbons (Fsp3) is 0.867. The zero-order valence-electron chi connectivity index (χ0n) is 13.5. The minimum absolute atomic E-state index is 0.267. The van der Waals surface area contributed by atoms with Crippen LogP contribution in [0.15, 0.2) is 4.52 Å². The summed E-state index contributed by atoms with van der Waals surface area (Å²) in [5.74, 6) is 4.53. The maximum absolute atomic E-state index is 5.43. The third-order valence-corrected chi connectivity index (χ3v) is 4.62. The normalized spacial score (nSPS) is 14.7. The zero-order valence-corrected chi connectivity index (χ0v) is 14.3. The lowest BCUT2D eigenvalue weighted by molar-refractivity contribution is 0.318. The Morgan fingerprint density at radius 3 is 2.60 bits per heavy atom. The molecule has 1 heterocycles. The van der Waals surface area contributed by atoms with E-state index in [1.807, 2.05) is 11.8 Å². The van der Waals surface area contributed by atoms with Crippen molar-refractivity contribution in [3.05, 3.63) is 11.7 Å². The summed E-state index contributed by atoms with van der Waals surface area (Å²) in [5.41, 5.74) is 0. The highest BCUT2D eigenvalue weighted by atomic mass is 32.2. The second-order valence-electron chi connectivity index (χ2n) is 5.72. The smallest absolute Gasteiger partial charge is 0.231 e. The molecule has 0 aliphatic rings. The van der Waals surface area contributed by atoms with E-state index >= 15 is 0 Å². The van der Waals surface area contributed by atoms with Crippen molar-refractivity contribution in [1.82, 2.24) is 15.5 Å². The van der Waals surface area contributed by atoms with E-state index in [9.17, 15) is 0 Å². The summed E-state index contributed by atoms with van der Waals surface area (Å²) in [6, 6.07) is 0.409. The highest BCUT2D eigenvalue weighted by molar-refractivity contribution is 7.98. The third kappa shape index (κ3) is 5.83. The molecular weight excluding hydrogens is 270 g/mol. The molecule has 0 fully saturated rings. The molecule has 1 rings (SSSR count). The summed E-state index contributed by atoms with van der Waals surface area (Å²) in [6.07, 6.45) is 2.21. The van der Waals surface area contributed by atoms with E-state index in [2.05, 4.69) is 50.1 Å². The van der Waals surface area contributed by atoms with E-state index in [-0.39, 0.29) is 5.92 Å². The van der Waals surface area contributed by atoms with Gasteiger partial charge in [-0.3, -0.25) is 0 Å². The van der Waals surface area contributed by atoms with E-state index in [1.165, 1.54) is 0 Å². The van der Waals surface area contributed by atoms with Crippen LogP contribution >= 0.6 is 11.8 Å². The van der Waals surface area contributed by atoms with Gasteiger partial charge in [-0.15, -0.1) is 0 Å². The van der Waals surface area contributed by atoms with Crippen molar-refractivity contribution < 1.29 is 4.52 Å². The van der Waals surface area contributed by atoms with Gasteiger partial charge in [0.25, 0.3) is 0 Å². The topological polar surface area (TPSA) is 51.0 Å². The van der Waals surface area contributed by atoms with Crippen LogP contribution < -0.4 is 5.32 Å². The molecule has 1 N–H and O–H groups in total. The summed E-state index contributed by atoms with van der Waals surface area (Å²) >= 11 is 1.87. The Hall–Kier alpha value is -0.550. The van der Waals surface area contributed by atoms with Gasteiger partial charge in [0, 0.05) is 6.04 Å². The first-order valence-electron chi connectivity index (χ1n) is 7.72. The van der Waals surface area contributed by atoms with E-state index in [0.717, 1.165) is 42.6 Å². The molecule has 0 bridgehead atoms. The number of rotatable bonds is 10. The van der Waals surface area contributed by atoms with Crippen LogP contribution in [0.5, 0.6) is 0 Å². The number of hydrogen-bond acceptors (Lipinski definition) is 5. The van der Waals surface area contributed by atoms with Crippen LogP contribution in [0.25, 0.3) is 0 Å². The van der Waals surface area contributed by atoms with Crippen LogP contribution in [0.4, 0.5) is 0 Å². The minimum atomic E-state index is 0.267. The summed E-state index contributed by atoms with van der Waals surface area (Å²) < 4.78 is 5.43. The number of aromatic nitrogens is 2. The van der Waals surface area contributed by atoms with Crippen molar-refractivity contribution >= 4 is 11.8 Å². The van der Waals surface area contributed by atoms with Crippen LogP contribution in [0.1, 0.15) is 65.1 Å². The average Bonchev–Trinajstić information content (AvgIpc) is 2.87. The molecule has 0 spiro atoms. The molecule has 116 valence electrons. The molecule has 0 saturated carbocycles. The second-order valence-corrected chi connectivity index (χ2v) is 6.75. The Kier molecular flexibility index (Phi) is 8.22. The summed E-state index contributed by atoms with van der Waals surface area (Å²) in [6.45, 7) is 12.0. The van der Waals surface area contributed by atoms with Gasteiger partial charge < -0.3 is 9.84 Å². The van der Waals surface area contributed by atoms with Gasteiger partial charge in [0.2, 0.25) is 5.89 Å². The molecular formula is C15H29N3OS. The van der Waals surface area contributed by atoms with Gasteiger partial charge in [-0.1, -0.05) is 39.8 Å². The lowest BCUT2D eigenvalue weighted by Crippen LogP contribution is -2.33. The first kappa shape index (κ1) is 17.5. The molecule has 0 saturated heterocycles. The number of hydrogen-bond donors (Lipinski definition) is 1. The number of thioether (sulfide) groups is 1. The van der Waals surface area contributed by atoms with E-state index in [1.54, 1.807) is 0 Å².